The quantitative estimate of drug-likeness (QED) is 0.302. The zero-order valence-corrected chi connectivity index (χ0v) is 8.37. The molecule has 2 N–H and O–H groups in total. The average molecular weight is 187 g/mol. The van der Waals surface area contributed by atoms with E-state index >= 15 is 0 Å². The Bertz CT molecular complexity index is 187. The molecule has 0 radical (unpaired) electrons. The molecule has 0 unspecified atom stereocenters. The Labute approximate surface area is 78.7 Å². The number of ether oxygens (including phenoxy) is 2. The molecule has 0 aromatic heterocycles. The largest absolute Gasteiger partial charge is 0.500 e. The summed E-state index contributed by atoms with van der Waals surface area (Å²) in [6.07, 6.45) is 1.40. The molecule has 0 saturated heterocycles. The number of hydrogen-bond donors (Lipinski definition) is 1. The highest BCUT2D eigenvalue weighted by atomic mass is 16.5. The highest BCUT2D eigenvalue weighted by molar-refractivity contribution is 5.87. The fourth-order valence-corrected chi connectivity index (χ4v) is 0.603. The van der Waals surface area contributed by atoms with Crippen LogP contribution in [-0.2, 0) is 14.3 Å². The van der Waals surface area contributed by atoms with E-state index < -0.39 is 5.97 Å². The second-order valence-electron chi connectivity index (χ2n) is 3.13. The first kappa shape index (κ1) is 12.0. The highest BCUT2D eigenvalue weighted by Crippen LogP contribution is 1.99. The molecule has 4 nitrogen and oxygen atoms in total. The molecule has 0 aromatic carbocycles. The van der Waals surface area contributed by atoms with Crippen LogP contribution < -0.4 is 5.73 Å². The highest BCUT2D eigenvalue weighted by Gasteiger charge is 2.04. The van der Waals surface area contributed by atoms with E-state index in [1.54, 1.807) is 6.92 Å². The van der Waals surface area contributed by atoms with E-state index in [0.717, 1.165) is 0 Å². The van der Waals surface area contributed by atoms with E-state index in [-0.39, 0.29) is 6.73 Å². The molecule has 0 amide bonds. The lowest BCUT2D eigenvalue weighted by molar-refractivity contribution is -0.138. The maximum Gasteiger partial charge on any atom is 0.338 e. The lowest BCUT2D eigenvalue weighted by atomic mass is 10.2. The minimum absolute atomic E-state index is 0.103. The Balaban J connectivity index is 3.80. The summed E-state index contributed by atoms with van der Waals surface area (Å²) >= 11 is 0. The van der Waals surface area contributed by atoms with Crippen molar-refractivity contribution in [3.8, 4) is 0 Å². The third-order valence-electron chi connectivity index (χ3n) is 1.23. The summed E-state index contributed by atoms with van der Waals surface area (Å²) in [5, 5.41) is 0. The van der Waals surface area contributed by atoms with Gasteiger partial charge in [-0.05, 0) is 12.8 Å². The number of hydrogen-bond acceptors (Lipinski definition) is 4. The average Bonchev–Trinajstić information content (AvgIpc) is 2.04. The normalized spacial score (nSPS) is 11.6. The van der Waals surface area contributed by atoms with Crippen LogP contribution >= 0.6 is 0 Å². The van der Waals surface area contributed by atoms with E-state index in [2.05, 4.69) is 4.74 Å². The molecule has 76 valence electrons. The topological polar surface area (TPSA) is 61.5 Å². The molecule has 0 aliphatic rings. The molecule has 0 rings (SSSR count). The zero-order chi connectivity index (χ0) is 10.3. The maximum atomic E-state index is 11.0. The van der Waals surface area contributed by atoms with Crippen LogP contribution in [0.3, 0.4) is 0 Å². The number of carbonyl (C=O) groups is 1. The molecular formula is C9H17NO3. The lowest BCUT2D eigenvalue weighted by Gasteiger charge is -2.05. The maximum absolute atomic E-state index is 11.0. The molecule has 0 aliphatic heterocycles. The number of nitrogens with two attached hydrogens (primary N) is 1. The number of carbonyl (C=O) groups excluding carboxylic acids is 1. The molecule has 0 heterocycles. The van der Waals surface area contributed by atoms with Gasteiger partial charge in [0.25, 0.3) is 0 Å². The summed E-state index contributed by atoms with van der Waals surface area (Å²) in [4.78, 5) is 11.0. The second-order valence-corrected chi connectivity index (χ2v) is 3.13. The molecule has 0 bridgehead atoms. The molecule has 0 aliphatic carbocycles. The van der Waals surface area contributed by atoms with Crippen molar-refractivity contribution < 1.29 is 14.3 Å². The van der Waals surface area contributed by atoms with Crippen molar-refractivity contribution in [1.82, 2.24) is 0 Å². The van der Waals surface area contributed by atoms with Crippen molar-refractivity contribution in [2.24, 2.45) is 11.7 Å². The van der Waals surface area contributed by atoms with Crippen molar-refractivity contribution in [2.75, 3.05) is 13.3 Å². The molecule has 0 atom stereocenters. The van der Waals surface area contributed by atoms with Crippen LogP contribution in [0.2, 0.25) is 0 Å². The summed E-state index contributed by atoms with van der Waals surface area (Å²) < 4.78 is 9.67. The van der Waals surface area contributed by atoms with Crippen molar-refractivity contribution in [2.45, 2.75) is 20.8 Å². The number of rotatable bonds is 5. The number of esters is 1. The van der Waals surface area contributed by atoms with E-state index in [1.807, 2.05) is 13.8 Å². The van der Waals surface area contributed by atoms with Crippen molar-refractivity contribution in [1.29, 1.82) is 0 Å². The van der Waals surface area contributed by atoms with Gasteiger partial charge in [0.15, 0.2) is 0 Å². The Hall–Kier alpha value is -1.03. The van der Waals surface area contributed by atoms with E-state index in [4.69, 9.17) is 10.5 Å². The van der Waals surface area contributed by atoms with Gasteiger partial charge >= 0.3 is 5.97 Å². The van der Waals surface area contributed by atoms with Crippen LogP contribution in [-0.4, -0.2) is 19.3 Å². The van der Waals surface area contributed by atoms with Crippen LogP contribution in [0.25, 0.3) is 0 Å². The van der Waals surface area contributed by atoms with Gasteiger partial charge in [-0.2, -0.15) is 0 Å². The van der Waals surface area contributed by atoms with Gasteiger partial charge in [0.05, 0.1) is 18.4 Å². The van der Waals surface area contributed by atoms with Crippen molar-refractivity contribution in [3.63, 3.8) is 0 Å². The molecule has 0 spiro atoms. The molecule has 13 heavy (non-hydrogen) atoms. The Morgan fingerprint density at radius 3 is 2.62 bits per heavy atom. The first-order valence-corrected chi connectivity index (χ1v) is 4.23. The SMILES string of the molecule is CC(=COCC(C)C)C(=O)OCN. The van der Waals surface area contributed by atoms with Gasteiger partial charge in [-0.3, -0.25) is 5.73 Å². The van der Waals surface area contributed by atoms with Gasteiger partial charge in [0.2, 0.25) is 0 Å². The van der Waals surface area contributed by atoms with Crippen molar-refractivity contribution in [3.05, 3.63) is 11.8 Å². The fourth-order valence-electron chi connectivity index (χ4n) is 0.603. The summed E-state index contributed by atoms with van der Waals surface area (Å²) in [7, 11) is 0. The molecule has 0 fully saturated rings. The summed E-state index contributed by atoms with van der Waals surface area (Å²) in [6.45, 7) is 6.17. The van der Waals surface area contributed by atoms with Crippen LogP contribution in [0.4, 0.5) is 0 Å². The third-order valence-corrected chi connectivity index (χ3v) is 1.23. The first-order valence-electron chi connectivity index (χ1n) is 4.23. The van der Waals surface area contributed by atoms with Crippen LogP contribution in [0.5, 0.6) is 0 Å². The van der Waals surface area contributed by atoms with Gasteiger partial charge in [0, 0.05) is 0 Å². The first-order chi connectivity index (χ1) is 6.07. The van der Waals surface area contributed by atoms with Gasteiger partial charge < -0.3 is 9.47 Å². The Morgan fingerprint density at radius 2 is 2.15 bits per heavy atom. The fraction of sp³-hybridized carbons (Fsp3) is 0.667. The van der Waals surface area contributed by atoms with Gasteiger partial charge in [0.1, 0.15) is 6.73 Å². The van der Waals surface area contributed by atoms with Crippen LogP contribution in [0, 0.1) is 5.92 Å². The van der Waals surface area contributed by atoms with Crippen molar-refractivity contribution >= 4 is 5.97 Å². The second kappa shape index (κ2) is 6.48. The standard InChI is InChI=1S/C9H17NO3/c1-7(2)4-12-5-8(3)9(11)13-6-10/h5,7H,4,6,10H2,1-3H3. The Morgan fingerprint density at radius 1 is 1.54 bits per heavy atom. The Kier molecular flexibility index (Phi) is 5.97. The summed E-state index contributed by atoms with van der Waals surface area (Å²) in [6, 6.07) is 0. The minimum Gasteiger partial charge on any atom is -0.500 e. The predicted molar refractivity (Wildman–Crippen MR) is 49.7 cm³/mol. The van der Waals surface area contributed by atoms with Crippen LogP contribution in [0.15, 0.2) is 11.8 Å². The monoisotopic (exact) mass is 187 g/mol. The summed E-state index contributed by atoms with van der Waals surface area (Å²) in [5.41, 5.74) is 5.46. The lowest BCUT2D eigenvalue weighted by Crippen LogP contribution is -2.13. The van der Waals surface area contributed by atoms with Gasteiger partial charge in [-0.1, -0.05) is 13.8 Å². The zero-order valence-electron chi connectivity index (χ0n) is 8.37. The smallest absolute Gasteiger partial charge is 0.338 e. The van der Waals surface area contributed by atoms with E-state index in [0.29, 0.717) is 18.1 Å². The predicted octanol–water partition coefficient (Wildman–Crippen LogP) is 1.02. The molecule has 0 saturated carbocycles. The molecular weight excluding hydrogens is 170 g/mol. The van der Waals surface area contributed by atoms with Crippen LogP contribution in [0.1, 0.15) is 20.8 Å². The molecule has 4 heteroatoms. The van der Waals surface area contributed by atoms with Gasteiger partial charge in [-0.15, -0.1) is 0 Å². The van der Waals surface area contributed by atoms with E-state index in [1.165, 1.54) is 6.26 Å². The molecule has 0 aromatic rings. The van der Waals surface area contributed by atoms with Gasteiger partial charge in [-0.25, -0.2) is 4.79 Å². The summed E-state index contributed by atoms with van der Waals surface area (Å²) in [5.74, 6) is 0.000773. The third kappa shape index (κ3) is 6.16. The van der Waals surface area contributed by atoms with E-state index in [9.17, 15) is 4.79 Å². The minimum atomic E-state index is -0.439.